The minimum atomic E-state index is -2.48. The number of nitrogens with zero attached hydrogens (tertiary/aromatic N) is 2. The average Bonchev–Trinajstić information content (AvgIpc) is 2.70. The monoisotopic (exact) mass is 237 g/mol. The molecular weight excluding hydrogens is 224 g/mol. The summed E-state index contributed by atoms with van der Waals surface area (Å²) in [4.78, 5) is 4.15. The van der Waals surface area contributed by atoms with Gasteiger partial charge >= 0.3 is 0 Å². The van der Waals surface area contributed by atoms with Crippen LogP contribution in [0.2, 0.25) is 0 Å². The first-order chi connectivity index (χ1) is 8.13. The number of nitrogens with two attached hydrogens (primary N) is 1. The van der Waals surface area contributed by atoms with Gasteiger partial charge in [0.05, 0.1) is 6.33 Å². The third kappa shape index (κ3) is 2.13. The van der Waals surface area contributed by atoms with Crippen LogP contribution in [0.3, 0.4) is 0 Å². The van der Waals surface area contributed by atoms with Crippen LogP contribution in [0, 0.1) is 0 Å². The highest BCUT2D eigenvalue weighted by Crippen LogP contribution is 2.28. The van der Waals surface area contributed by atoms with Gasteiger partial charge in [-0.15, -0.1) is 0 Å². The average molecular weight is 237 g/mol. The highest BCUT2D eigenvalue weighted by molar-refractivity contribution is 5.70. The summed E-state index contributed by atoms with van der Waals surface area (Å²) in [5, 5.41) is 0. The minimum absolute atomic E-state index is 0.0204. The predicted molar refractivity (Wildman–Crippen MR) is 62.7 cm³/mol. The molecule has 0 aliphatic heterocycles. The lowest BCUT2D eigenvalue weighted by Gasteiger charge is -2.04. The van der Waals surface area contributed by atoms with E-state index in [0.717, 1.165) is 0 Å². The lowest BCUT2D eigenvalue weighted by molar-refractivity contribution is 0.151. The summed E-state index contributed by atoms with van der Waals surface area (Å²) in [5.41, 5.74) is 7.03. The van der Waals surface area contributed by atoms with Crippen LogP contribution in [0.5, 0.6) is 0 Å². The molecule has 17 heavy (non-hydrogen) atoms. The summed E-state index contributed by atoms with van der Waals surface area (Å²) >= 11 is 0. The Morgan fingerprint density at radius 2 is 2.18 bits per heavy atom. The van der Waals surface area contributed by atoms with Gasteiger partial charge in [0.25, 0.3) is 6.43 Å². The number of imidazole rings is 1. The number of hydrogen-bond acceptors (Lipinski definition) is 2. The first-order valence-electron chi connectivity index (χ1n) is 5.32. The van der Waals surface area contributed by atoms with Crippen LogP contribution >= 0.6 is 0 Å². The Bertz CT molecular complexity index is 520. The Kier molecular flexibility index (Phi) is 3.08. The van der Waals surface area contributed by atoms with E-state index in [0.29, 0.717) is 23.6 Å². The van der Waals surface area contributed by atoms with Crippen LogP contribution in [0.25, 0.3) is 11.3 Å². The van der Waals surface area contributed by atoms with Crippen molar-refractivity contribution >= 4 is 5.82 Å². The second-order valence-corrected chi connectivity index (χ2v) is 3.69. The molecule has 1 aromatic heterocycles. The van der Waals surface area contributed by atoms with Crippen LogP contribution in [0.15, 0.2) is 30.6 Å². The van der Waals surface area contributed by atoms with Crippen molar-refractivity contribution in [3.8, 4) is 11.3 Å². The number of anilines is 1. The molecule has 2 N–H and O–H groups in total. The fourth-order valence-corrected chi connectivity index (χ4v) is 1.69. The summed E-state index contributed by atoms with van der Waals surface area (Å²) in [6, 6.07) is 6.12. The third-order valence-electron chi connectivity index (χ3n) is 2.63. The summed E-state index contributed by atoms with van der Waals surface area (Å²) in [6.07, 6.45) is -0.871. The highest BCUT2D eigenvalue weighted by atomic mass is 19.3. The third-order valence-corrected chi connectivity index (χ3v) is 2.63. The number of aromatic nitrogens is 2. The molecule has 2 rings (SSSR count). The van der Waals surface area contributed by atoms with Crippen LogP contribution in [-0.4, -0.2) is 9.55 Å². The van der Waals surface area contributed by atoms with E-state index in [9.17, 15) is 8.78 Å². The summed E-state index contributed by atoms with van der Waals surface area (Å²) < 4.78 is 26.9. The molecule has 0 spiro atoms. The zero-order valence-corrected chi connectivity index (χ0v) is 9.40. The minimum Gasteiger partial charge on any atom is -0.383 e. The van der Waals surface area contributed by atoms with Gasteiger partial charge in [-0.05, 0) is 13.0 Å². The highest BCUT2D eigenvalue weighted by Gasteiger charge is 2.12. The zero-order chi connectivity index (χ0) is 12.4. The molecule has 90 valence electrons. The number of aryl methyl sites for hydroxylation is 1. The van der Waals surface area contributed by atoms with E-state index in [1.54, 1.807) is 23.0 Å². The first-order valence-corrected chi connectivity index (χ1v) is 5.32. The van der Waals surface area contributed by atoms with Gasteiger partial charge in [-0.2, -0.15) is 0 Å². The molecule has 0 bridgehead atoms. The Labute approximate surface area is 97.9 Å². The van der Waals surface area contributed by atoms with Gasteiger partial charge < -0.3 is 10.3 Å². The standard InChI is InChI=1S/C12H13F2N3/c1-2-17-7-16-10(12(17)15)8-4-3-5-9(6-8)11(13)14/h3-7,11H,2,15H2,1H3. The fraction of sp³-hybridized carbons (Fsp3) is 0.250. The number of alkyl halides is 2. The Hall–Kier alpha value is -1.91. The molecule has 0 aliphatic rings. The molecule has 0 amide bonds. The molecule has 1 aromatic carbocycles. The second-order valence-electron chi connectivity index (χ2n) is 3.69. The topological polar surface area (TPSA) is 43.8 Å². The van der Waals surface area contributed by atoms with Gasteiger partial charge in [0, 0.05) is 17.7 Å². The van der Waals surface area contributed by atoms with Crippen LogP contribution in [-0.2, 0) is 6.54 Å². The molecular formula is C12H13F2N3. The lowest BCUT2D eigenvalue weighted by Crippen LogP contribution is -1.99. The fourth-order valence-electron chi connectivity index (χ4n) is 1.69. The number of halogens is 2. The van der Waals surface area contributed by atoms with Crippen molar-refractivity contribution in [2.24, 2.45) is 0 Å². The maximum absolute atomic E-state index is 12.6. The summed E-state index contributed by atoms with van der Waals surface area (Å²) in [7, 11) is 0. The maximum Gasteiger partial charge on any atom is 0.263 e. The molecule has 0 saturated carbocycles. The molecule has 0 radical (unpaired) electrons. The molecule has 0 aliphatic carbocycles. The van der Waals surface area contributed by atoms with E-state index in [1.165, 1.54) is 12.1 Å². The van der Waals surface area contributed by atoms with Gasteiger partial charge in [-0.1, -0.05) is 18.2 Å². The first kappa shape index (κ1) is 11.6. The van der Waals surface area contributed by atoms with Crippen molar-refractivity contribution in [1.29, 1.82) is 0 Å². The van der Waals surface area contributed by atoms with Crippen LogP contribution in [0.1, 0.15) is 18.9 Å². The quantitative estimate of drug-likeness (QED) is 0.891. The normalized spacial score (nSPS) is 11.1. The van der Waals surface area contributed by atoms with Gasteiger partial charge in [-0.3, -0.25) is 0 Å². The Morgan fingerprint density at radius 3 is 2.76 bits per heavy atom. The molecule has 0 atom stereocenters. The number of hydrogen-bond donors (Lipinski definition) is 1. The molecule has 0 unspecified atom stereocenters. The van der Waals surface area contributed by atoms with Crippen molar-refractivity contribution in [3.63, 3.8) is 0 Å². The molecule has 0 saturated heterocycles. The molecule has 1 heterocycles. The van der Waals surface area contributed by atoms with Gasteiger partial charge in [0.2, 0.25) is 0 Å². The Morgan fingerprint density at radius 1 is 1.41 bits per heavy atom. The van der Waals surface area contributed by atoms with E-state index in [2.05, 4.69) is 4.98 Å². The Balaban J connectivity index is 2.45. The zero-order valence-electron chi connectivity index (χ0n) is 9.40. The molecule has 3 nitrogen and oxygen atoms in total. The van der Waals surface area contributed by atoms with Gasteiger partial charge in [0.1, 0.15) is 11.5 Å². The SMILES string of the molecule is CCn1cnc(-c2cccc(C(F)F)c2)c1N. The van der Waals surface area contributed by atoms with Crippen LogP contribution in [0.4, 0.5) is 14.6 Å². The smallest absolute Gasteiger partial charge is 0.263 e. The lowest BCUT2D eigenvalue weighted by atomic mass is 10.1. The summed E-state index contributed by atoms with van der Waals surface area (Å²) in [5.74, 6) is 0.499. The predicted octanol–water partition coefficient (Wildman–Crippen LogP) is 3.09. The number of rotatable bonds is 3. The van der Waals surface area contributed by atoms with Gasteiger partial charge in [0.15, 0.2) is 0 Å². The van der Waals surface area contributed by atoms with Crippen LogP contribution < -0.4 is 5.73 Å². The van der Waals surface area contributed by atoms with Crippen molar-refractivity contribution < 1.29 is 8.78 Å². The van der Waals surface area contributed by atoms with E-state index in [4.69, 9.17) is 5.73 Å². The molecule has 0 fully saturated rings. The number of nitrogen functional groups attached to an aromatic ring is 1. The number of benzene rings is 1. The molecule has 5 heteroatoms. The van der Waals surface area contributed by atoms with E-state index < -0.39 is 6.43 Å². The van der Waals surface area contributed by atoms with Gasteiger partial charge in [-0.25, -0.2) is 13.8 Å². The van der Waals surface area contributed by atoms with E-state index in [1.807, 2.05) is 6.92 Å². The molecule has 2 aromatic rings. The van der Waals surface area contributed by atoms with Crippen molar-refractivity contribution in [3.05, 3.63) is 36.2 Å². The summed E-state index contributed by atoms with van der Waals surface area (Å²) in [6.45, 7) is 2.64. The van der Waals surface area contributed by atoms with E-state index in [-0.39, 0.29) is 5.56 Å². The largest absolute Gasteiger partial charge is 0.383 e. The van der Waals surface area contributed by atoms with Crippen molar-refractivity contribution in [1.82, 2.24) is 9.55 Å². The second kappa shape index (κ2) is 4.53. The maximum atomic E-state index is 12.6. The van der Waals surface area contributed by atoms with Crippen molar-refractivity contribution in [2.45, 2.75) is 19.9 Å². The van der Waals surface area contributed by atoms with E-state index >= 15 is 0 Å². The van der Waals surface area contributed by atoms with Crippen molar-refractivity contribution in [2.75, 3.05) is 5.73 Å².